The second-order valence-corrected chi connectivity index (χ2v) is 4.74. The minimum Gasteiger partial charge on any atom is -0.507 e. The summed E-state index contributed by atoms with van der Waals surface area (Å²) in [5.41, 5.74) is 3.42. The van der Waals surface area contributed by atoms with Crippen molar-refractivity contribution in [2.24, 2.45) is 0 Å². The molecule has 5 nitrogen and oxygen atoms in total. The summed E-state index contributed by atoms with van der Waals surface area (Å²) >= 11 is 0. The molecular formula is C15H16N2O3. The lowest BCUT2D eigenvalue weighted by Crippen LogP contribution is -2.01. The van der Waals surface area contributed by atoms with Gasteiger partial charge in [-0.25, -0.2) is 0 Å². The molecule has 0 aliphatic rings. The summed E-state index contributed by atoms with van der Waals surface area (Å²) in [6.07, 6.45) is 0. The lowest BCUT2D eigenvalue weighted by atomic mass is 10.1. The standard InChI is InChI=1S/C15H16N2O3/c1-10-6-12(7-11(2)15(10)18)9-16-13-4-3-5-14(8-13)17(19)20/h3-8,16,18H,9H2,1-2H3. The Labute approximate surface area is 117 Å². The molecule has 0 spiro atoms. The van der Waals surface area contributed by atoms with Crippen molar-refractivity contribution in [3.63, 3.8) is 0 Å². The molecule has 2 aromatic carbocycles. The summed E-state index contributed by atoms with van der Waals surface area (Å²) in [5.74, 6) is 0.309. The van der Waals surface area contributed by atoms with E-state index in [2.05, 4.69) is 5.32 Å². The Bertz CT molecular complexity index is 630. The number of rotatable bonds is 4. The average Bonchev–Trinajstić information content (AvgIpc) is 2.42. The van der Waals surface area contributed by atoms with Crippen molar-refractivity contribution in [2.75, 3.05) is 5.32 Å². The van der Waals surface area contributed by atoms with Gasteiger partial charge in [-0.2, -0.15) is 0 Å². The van der Waals surface area contributed by atoms with Crippen molar-refractivity contribution < 1.29 is 10.0 Å². The molecule has 104 valence electrons. The van der Waals surface area contributed by atoms with Crippen LogP contribution in [-0.2, 0) is 6.54 Å². The van der Waals surface area contributed by atoms with E-state index in [4.69, 9.17) is 0 Å². The Morgan fingerprint density at radius 1 is 1.20 bits per heavy atom. The molecule has 0 aliphatic carbocycles. The molecule has 0 bridgehead atoms. The molecule has 2 aromatic rings. The number of nitrogens with zero attached hydrogens (tertiary/aromatic N) is 1. The fraction of sp³-hybridized carbons (Fsp3) is 0.200. The zero-order valence-corrected chi connectivity index (χ0v) is 11.4. The third-order valence-corrected chi connectivity index (χ3v) is 3.10. The van der Waals surface area contributed by atoms with Crippen molar-refractivity contribution in [1.82, 2.24) is 0 Å². The van der Waals surface area contributed by atoms with E-state index < -0.39 is 4.92 Å². The number of hydrogen-bond acceptors (Lipinski definition) is 4. The normalized spacial score (nSPS) is 10.3. The highest BCUT2D eigenvalue weighted by molar-refractivity contribution is 5.52. The molecule has 20 heavy (non-hydrogen) atoms. The van der Waals surface area contributed by atoms with Gasteiger partial charge in [0.2, 0.25) is 0 Å². The van der Waals surface area contributed by atoms with Gasteiger partial charge in [0.1, 0.15) is 5.75 Å². The quantitative estimate of drug-likeness (QED) is 0.659. The predicted octanol–water partition coefficient (Wildman–Crippen LogP) is 3.53. The number of nitro benzene ring substituents is 1. The van der Waals surface area contributed by atoms with Gasteiger partial charge in [0.15, 0.2) is 0 Å². The van der Waals surface area contributed by atoms with Crippen LogP contribution >= 0.6 is 0 Å². The van der Waals surface area contributed by atoms with Crippen LogP contribution in [0.3, 0.4) is 0 Å². The number of phenols is 1. The topological polar surface area (TPSA) is 75.4 Å². The summed E-state index contributed by atoms with van der Waals surface area (Å²) in [7, 11) is 0. The number of aryl methyl sites for hydroxylation is 2. The molecule has 0 saturated heterocycles. The molecule has 0 fully saturated rings. The van der Waals surface area contributed by atoms with Crippen LogP contribution in [0.2, 0.25) is 0 Å². The van der Waals surface area contributed by atoms with Gasteiger partial charge in [-0.05, 0) is 36.6 Å². The molecule has 5 heteroatoms. The molecule has 0 heterocycles. The Kier molecular flexibility index (Phi) is 3.89. The van der Waals surface area contributed by atoms with Crippen LogP contribution in [0.25, 0.3) is 0 Å². The Hall–Kier alpha value is -2.56. The van der Waals surface area contributed by atoms with E-state index in [1.165, 1.54) is 12.1 Å². The number of benzene rings is 2. The number of nitrogens with one attached hydrogen (secondary N) is 1. The highest BCUT2D eigenvalue weighted by atomic mass is 16.6. The Balaban J connectivity index is 2.13. The fourth-order valence-electron chi connectivity index (χ4n) is 2.08. The Morgan fingerprint density at radius 3 is 2.45 bits per heavy atom. The summed E-state index contributed by atoms with van der Waals surface area (Å²) in [4.78, 5) is 10.3. The largest absolute Gasteiger partial charge is 0.507 e. The van der Waals surface area contributed by atoms with Crippen molar-refractivity contribution in [1.29, 1.82) is 0 Å². The van der Waals surface area contributed by atoms with Crippen molar-refractivity contribution in [3.8, 4) is 5.75 Å². The number of nitro groups is 1. The zero-order chi connectivity index (χ0) is 14.7. The zero-order valence-electron chi connectivity index (χ0n) is 11.4. The molecule has 0 aliphatic heterocycles. The van der Waals surface area contributed by atoms with E-state index in [1.54, 1.807) is 12.1 Å². The first kappa shape index (κ1) is 13.9. The monoisotopic (exact) mass is 272 g/mol. The van der Waals surface area contributed by atoms with E-state index in [0.717, 1.165) is 16.7 Å². The molecule has 0 amide bonds. The van der Waals surface area contributed by atoms with Gasteiger partial charge in [0, 0.05) is 24.4 Å². The SMILES string of the molecule is Cc1cc(CNc2cccc([N+](=O)[O-])c2)cc(C)c1O. The van der Waals surface area contributed by atoms with Gasteiger partial charge in [-0.15, -0.1) is 0 Å². The number of anilines is 1. The highest BCUT2D eigenvalue weighted by Gasteiger charge is 2.06. The summed E-state index contributed by atoms with van der Waals surface area (Å²) in [6, 6.07) is 10.2. The van der Waals surface area contributed by atoms with Crippen LogP contribution in [0.5, 0.6) is 5.75 Å². The van der Waals surface area contributed by atoms with E-state index in [1.807, 2.05) is 26.0 Å². The van der Waals surface area contributed by atoms with Crippen molar-refractivity contribution in [3.05, 3.63) is 63.2 Å². The van der Waals surface area contributed by atoms with Crippen LogP contribution in [0.15, 0.2) is 36.4 Å². The van der Waals surface area contributed by atoms with Crippen LogP contribution in [0.1, 0.15) is 16.7 Å². The van der Waals surface area contributed by atoms with Gasteiger partial charge in [-0.1, -0.05) is 18.2 Å². The fourth-order valence-corrected chi connectivity index (χ4v) is 2.08. The van der Waals surface area contributed by atoms with E-state index in [9.17, 15) is 15.2 Å². The highest BCUT2D eigenvalue weighted by Crippen LogP contribution is 2.24. The van der Waals surface area contributed by atoms with Gasteiger partial charge in [0.05, 0.1) is 4.92 Å². The smallest absolute Gasteiger partial charge is 0.271 e. The lowest BCUT2D eigenvalue weighted by Gasteiger charge is -2.10. The minimum absolute atomic E-state index is 0.0630. The van der Waals surface area contributed by atoms with Crippen LogP contribution in [-0.4, -0.2) is 10.0 Å². The lowest BCUT2D eigenvalue weighted by molar-refractivity contribution is -0.384. The first-order valence-electron chi connectivity index (χ1n) is 6.25. The summed E-state index contributed by atoms with van der Waals surface area (Å²) < 4.78 is 0. The third-order valence-electron chi connectivity index (χ3n) is 3.10. The summed E-state index contributed by atoms with van der Waals surface area (Å²) in [6.45, 7) is 4.24. The third kappa shape index (κ3) is 3.06. The average molecular weight is 272 g/mol. The number of hydrogen-bond donors (Lipinski definition) is 2. The summed E-state index contributed by atoms with van der Waals surface area (Å²) in [5, 5.41) is 23.6. The number of aromatic hydroxyl groups is 1. The van der Waals surface area contributed by atoms with Gasteiger partial charge >= 0.3 is 0 Å². The van der Waals surface area contributed by atoms with E-state index >= 15 is 0 Å². The van der Waals surface area contributed by atoms with E-state index in [0.29, 0.717) is 18.0 Å². The van der Waals surface area contributed by atoms with Gasteiger partial charge in [-0.3, -0.25) is 10.1 Å². The first-order chi connectivity index (χ1) is 9.47. The maximum Gasteiger partial charge on any atom is 0.271 e. The maximum absolute atomic E-state index is 10.7. The Morgan fingerprint density at radius 2 is 1.85 bits per heavy atom. The molecular weight excluding hydrogens is 256 g/mol. The molecule has 0 radical (unpaired) electrons. The molecule has 2 rings (SSSR count). The van der Waals surface area contributed by atoms with Crippen LogP contribution in [0, 0.1) is 24.0 Å². The van der Waals surface area contributed by atoms with Crippen LogP contribution < -0.4 is 5.32 Å². The second kappa shape index (κ2) is 5.61. The molecule has 2 N–H and O–H groups in total. The van der Waals surface area contributed by atoms with Gasteiger partial charge < -0.3 is 10.4 Å². The number of non-ortho nitro benzene ring substituents is 1. The van der Waals surface area contributed by atoms with Gasteiger partial charge in [0.25, 0.3) is 5.69 Å². The van der Waals surface area contributed by atoms with Crippen molar-refractivity contribution in [2.45, 2.75) is 20.4 Å². The van der Waals surface area contributed by atoms with Crippen LogP contribution in [0.4, 0.5) is 11.4 Å². The minimum atomic E-state index is -0.417. The molecule has 0 atom stereocenters. The maximum atomic E-state index is 10.7. The number of phenolic OH excluding ortho intramolecular Hbond substituents is 1. The van der Waals surface area contributed by atoms with Crippen molar-refractivity contribution >= 4 is 11.4 Å². The molecule has 0 saturated carbocycles. The molecule has 0 aromatic heterocycles. The molecule has 0 unspecified atom stereocenters. The predicted molar refractivity (Wildman–Crippen MR) is 78.0 cm³/mol. The second-order valence-electron chi connectivity index (χ2n) is 4.74. The van der Waals surface area contributed by atoms with E-state index in [-0.39, 0.29) is 5.69 Å². The first-order valence-corrected chi connectivity index (χ1v) is 6.25.